The SMILES string of the molecule is O=C(Nc1ccsc1Cl)N1CCN(c2ncccc2F)CC1. The standard InChI is InChI=1S/C14H14ClFN4OS/c15-12-11(3-9-22-12)18-14(21)20-7-5-19(6-8-20)13-10(16)2-1-4-17-13/h1-4,9H,5-8H2,(H,18,21). The van der Waals surface area contributed by atoms with E-state index in [2.05, 4.69) is 10.3 Å². The second-order valence-corrected chi connectivity index (χ2v) is 6.34. The summed E-state index contributed by atoms with van der Waals surface area (Å²) in [6.07, 6.45) is 1.57. The molecule has 0 atom stereocenters. The lowest BCUT2D eigenvalue weighted by atomic mass is 10.3. The summed E-state index contributed by atoms with van der Waals surface area (Å²) in [5.74, 6) is -0.00565. The molecule has 2 aromatic rings. The molecule has 22 heavy (non-hydrogen) atoms. The molecule has 1 aliphatic rings. The van der Waals surface area contributed by atoms with Gasteiger partial charge in [0, 0.05) is 32.4 Å². The summed E-state index contributed by atoms with van der Waals surface area (Å²) in [4.78, 5) is 19.8. The van der Waals surface area contributed by atoms with Gasteiger partial charge in [-0.15, -0.1) is 11.3 Å². The fourth-order valence-corrected chi connectivity index (χ4v) is 3.14. The van der Waals surface area contributed by atoms with E-state index in [1.54, 1.807) is 23.2 Å². The number of halogens is 2. The van der Waals surface area contributed by atoms with E-state index in [0.717, 1.165) is 0 Å². The predicted octanol–water partition coefficient (Wildman–Crippen LogP) is 3.29. The van der Waals surface area contributed by atoms with Crippen LogP contribution in [0.25, 0.3) is 0 Å². The van der Waals surface area contributed by atoms with Crippen LogP contribution in [0.15, 0.2) is 29.8 Å². The lowest BCUT2D eigenvalue weighted by Gasteiger charge is -2.35. The number of anilines is 2. The quantitative estimate of drug-likeness (QED) is 0.912. The van der Waals surface area contributed by atoms with Gasteiger partial charge in [-0.05, 0) is 23.6 Å². The summed E-state index contributed by atoms with van der Waals surface area (Å²) in [5.41, 5.74) is 0.620. The normalized spacial score (nSPS) is 15.0. The van der Waals surface area contributed by atoms with Gasteiger partial charge in [-0.3, -0.25) is 0 Å². The zero-order valence-electron chi connectivity index (χ0n) is 11.6. The number of piperazine rings is 1. The highest BCUT2D eigenvalue weighted by atomic mass is 35.5. The van der Waals surface area contributed by atoms with E-state index >= 15 is 0 Å². The first-order valence-electron chi connectivity index (χ1n) is 6.79. The highest BCUT2D eigenvalue weighted by molar-refractivity contribution is 7.15. The van der Waals surface area contributed by atoms with Crippen LogP contribution in [-0.2, 0) is 0 Å². The molecule has 3 rings (SSSR count). The Balaban J connectivity index is 1.59. The minimum atomic E-state index is -0.342. The second-order valence-electron chi connectivity index (χ2n) is 4.82. The fourth-order valence-electron chi connectivity index (χ4n) is 2.31. The summed E-state index contributed by atoms with van der Waals surface area (Å²) in [6.45, 7) is 2.09. The second kappa shape index (κ2) is 6.50. The first-order valence-corrected chi connectivity index (χ1v) is 8.05. The number of pyridine rings is 1. The van der Waals surface area contributed by atoms with Gasteiger partial charge in [-0.1, -0.05) is 11.6 Å². The van der Waals surface area contributed by atoms with Crippen molar-refractivity contribution >= 4 is 40.5 Å². The number of nitrogens with one attached hydrogen (secondary N) is 1. The number of carbonyl (C=O) groups is 1. The van der Waals surface area contributed by atoms with Crippen LogP contribution in [-0.4, -0.2) is 42.1 Å². The zero-order valence-corrected chi connectivity index (χ0v) is 13.2. The third-order valence-electron chi connectivity index (χ3n) is 3.47. The molecule has 0 bridgehead atoms. The van der Waals surface area contributed by atoms with Crippen molar-refractivity contribution < 1.29 is 9.18 Å². The monoisotopic (exact) mass is 340 g/mol. The van der Waals surface area contributed by atoms with Crippen molar-refractivity contribution in [2.45, 2.75) is 0 Å². The molecule has 1 aliphatic heterocycles. The van der Waals surface area contributed by atoms with E-state index in [1.807, 2.05) is 10.3 Å². The zero-order chi connectivity index (χ0) is 15.5. The number of urea groups is 1. The molecule has 0 unspecified atom stereocenters. The molecule has 0 aliphatic carbocycles. The summed E-state index contributed by atoms with van der Waals surface area (Å²) >= 11 is 7.34. The molecule has 2 amide bonds. The maximum absolute atomic E-state index is 13.7. The van der Waals surface area contributed by atoms with Gasteiger partial charge in [0.2, 0.25) is 0 Å². The van der Waals surface area contributed by atoms with E-state index in [0.29, 0.717) is 42.0 Å². The molecule has 8 heteroatoms. The van der Waals surface area contributed by atoms with Crippen LogP contribution in [0, 0.1) is 5.82 Å². The average Bonchev–Trinajstić information content (AvgIpc) is 2.93. The highest BCUT2D eigenvalue weighted by Crippen LogP contribution is 2.28. The Kier molecular flexibility index (Phi) is 4.44. The van der Waals surface area contributed by atoms with E-state index in [9.17, 15) is 9.18 Å². The maximum atomic E-state index is 13.7. The molecule has 2 aromatic heterocycles. The van der Waals surface area contributed by atoms with Crippen LogP contribution >= 0.6 is 22.9 Å². The van der Waals surface area contributed by atoms with Crippen LogP contribution < -0.4 is 10.2 Å². The van der Waals surface area contributed by atoms with Gasteiger partial charge in [0.15, 0.2) is 11.6 Å². The molecule has 116 valence electrons. The van der Waals surface area contributed by atoms with Crippen LogP contribution in [0.4, 0.5) is 20.7 Å². The minimum absolute atomic E-state index is 0.193. The molecule has 3 heterocycles. The Morgan fingerprint density at radius 1 is 1.32 bits per heavy atom. The largest absolute Gasteiger partial charge is 0.351 e. The number of hydrogen-bond donors (Lipinski definition) is 1. The third-order valence-corrected chi connectivity index (χ3v) is 4.63. The molecule has 0 saturated carbocycles. The molecular formula is C14H14ClFN4OS. The third kappa shape index (κ3) is 3.15. The molecule has 0 radical (unpaired) electrons. The van der Waals surface area contributed by atoms with Crippen molar-refractivity contribution in [3.63, 3.8) is 0 Å². The predicted molar refractivity (Wildman–Crippen MR) is 86.3 cm³/mol. The van der Waals surface area contributed by atoms with Gasteiger partial charge in [0.1, 0.15) is 4.34 Å². The van der Waals surface area contributed by atoms with E-state index in [1.165, 1.54) is 17.4 Å². The van der Waals surface area contributed by atoms with Gasteiger partial charge >= 0.3 is 6.03 Å². The van der Waals surface area contributed by atoms with Gasteiger partial charge in [0.05, 0.1) is 5.69 Å². The van der Waals surface area contributed by atoms with Crippen molar-refractivity contribution in [2.24, 2.45) is 0 Å². The Bertz CT molecular complexity index is 672. The smallest absolute Gasteiger partial charge is 0.322 e. The van der Waals surface area contributed by atoms with Crippen LogP contribution in [0.3, 0.4) is 0 Å². The average molecular weight is 341 g/mol. The minimum Gasteiger partial charge on any atom is -0.351 e. The first kappa shape index (κ1) is 15.1. The van der Waals surface area contributed by atoms with Crippen molar-refractivity contribution in [3.8, 4) is 0 Å². The molecule has 0 aromatic carbocycles. The first-order chi connectivity index (χ1) is 10.6. The summed E-state index contributed by atoms with van der Waals surface area (Å²) in [5, 5.41) is 4.60. The summed E-state index contributed by atoms with van der Waals surface area (Å²) < 4.78 is 14.3. The number of aromatic nitrogens is 1. The summed E-state index contributed by atoms with van der Waals surface area (Å²) in [7, 11) is 0. The number of hydrogen-bond acceptors (Lipinski definition) is 4. The van der Waals surface area contributed by atoms with Crippen LogP contribution in [0.1, 0.15) is 0 Å². The Labute approximate surface area is 136 Å². The van der Waals surface area contributed by atoms with Crippen LogP contribution in [0.5, 0.6) is 0 Å². The Morgan fingerprint density at radius 3 is 2.73 bits per heavy atom. The van der Waals surface area contributed by atoms with E-state index in [-0.39, 0.29) is 11.8 Å². The number of amides is 2. The van der Waals surface area contributed by atoms with Crippen molar-refractivity contribution in [1.29, 1.82) is 0 Å². The number of rotatable bonds is 2. The number of carbonyl (C=O) groups excluding carboxylic acids is 1. The molecular weight excluding hydrogens is 327 g/mol. The molecule has 0 spiro atoms. The Morgan fingerprint density at radius 2 is 2.09 bits per heavy atom. The van der Waals surface area contributed by atoms with E-state index in [4.69, 9.17) is 11.6 Å². The fraction of sp³-hybridized carbons (Fsp3) is 0.286. The molecule has 5 nitrogen and oxygen atoms in total. The maximum Gasteiger partial charge on any atom is 0.322 e. The van der Waals surface area contributed by atoms with Gasteiger partial charge in [0.25, 0.3) is 0 Å². The Hall–Kier alpha value is -1.86. The summed E-state index contributed by atoms with van der Waals surface area (Å²) in [6, 6.07) is 4.53. The number of nitrogens with zero attached hydrogens (tertiary/aromatic N) is 3. The van der Waals surface area contributed by atoms with Gasteiger partial charge in [-0.25, -0.2) is 14.2 Å². The van der Waals surface area contributed by atoms with Crippen LogP contribution in [0.2, 0.25) is 4.34 Å². The lowest BCUT2D eigenvalue weighted by Crippen LogP contribution is -2.50. The molecule has 1 N–H and O–H groups in total. The molecule has 1 saturated heterocycles. The highest BCUT2D eigenvalue weighted by Gasteiger charge is 2.23. The lowest BCUT2D eigenvalue weighted by molar-refractivity contribution is 0.208. The number of thiophene rings is 1. The van der Waals surface area contributed by atoms with Gasteiger partial charge < -0.3 is 15.1 Å². The molecule has 1 fully saturated rings. The van der Waals surface area contributed by atoms with E-state index < -0.39 is 0 Å². The topological polar surface area (TPSA) is 48.5 Å². The van der Waals surface area contributed by atoms with Crippen molar-refractivity contribution in [2.75, 3.05) is 36.4 Å². The van der Waals surface area contributed by atoms with Crippen molar-refractivity contribution in [1.82, 2.24) is 9.88 Å². The van der Waals surface area contributed by atoms with Gasteiger partial charge in [-0.2, -0.15) is 0 Å². The van der Waals surface area contributed by atoms with Crippen molar-refractivity contribution in [3.05, 3.63) is 39.9 Å².